The lowest BCUT2D eigenvalue weighted by molar-refractivity contribution is 0.402. The molecule has 7 nitrogen and oxygen atoms in total. The van der Waals surface area contributed by atoms with Crippen LogP contribution in [0.1, 0.15) is 24.7 Å². The highest BCUT2D eigenvalue weighted by molar-refractivity contribution is 7.89. The summed E-state index contributed by atoms with van der Waals surface area (Å²) in [6.45, 7) is 2.29. The summed E-state index contributed by atoms with van der Waals surface area (Å²) < 4.78 is 38.1. The monoisotopic (exact) mass is 401 g/mol. The molecule has 0 amide bonds. The quantitative estimate of drug-likeness (QED) is 0.574. The first-order valence-electron chi connectivity index (χ1n) is 8.97. The van der Waals surface area contributed by atoms with E-state index in [1.54, 1.807) is 13.1 Å². The zero-order chi connectivity index (χ0) is 20.1. The van der Waals surface area contributed by atoms with Crippen LogP contribution in [-0.4, -0.2) is 37.0 Å². The lowest BCUT2D eigenvalue weighted by Crippen LogP contribution is -2.26. The van der Waals surface area contributed by atoms with Gasteiger partial charge in [0.05, 0.1) is 17.6 Å². The van der Waals surface area contributed by atoms with Gasteiger partial charge in [-0.2, -0.15) is 9.29 Å². The summed E-state index contributed by atoms with van der Waals surface area (Å²) in [7, 11) is -0.643. The van der Waals surface area contributed by atoms with Gasteiger partial charge in [-0.15, -0.1) is 0 Å². The van der Waals surface area contributed by atoms with Gasteiger partial charge in [0.15, 0.2) is 5.82 Å². The zero-order valence-corrected chi connectivity index (χ0v) is 16.9. The number of aryl methyl sites for hydroxylation is 1. The lowest BCUT2D eigenvalue weighted by atomic mass is 10.2. The number of benzene rings is 2. The number of ether oxygens (including phenoxy) is 1. The topological polar surface area (TPSA) is 85.5 Å². The summed E-state index contributed by atoms with van der Waals surface area (Å²) in [6.07, 6.45) is 1.57. The average Bonchev–Trinajstić information content (AvgIpc) is 3.17. The van der Waals surface area contributed by atoms with Crippen molar-refractivity contribution >= 4 is 10.0 Å². The smallest absolute Gasteiger partial charge is 0.261 e. The molecule has 1 heterocycles. The molecule has 0 saturated heterocycles. The van der Waals surface area contributed by atoms with Crippen molar-refractivity contribution in [3.8, 4) is 17.2 Å². The third-order valence-electron chi connectivity index (χ3n) is 4.30. The van der Waals surface area contributed by atoms with Crippen LogP contribution in [0.2, 0.25) is 0 Å². The van der Waals surface area contributed by atoms with Gasteiger partial charge >= 0.3 is 0 Å². The Kier molecular flexibility index (Phi) is 6.11. The average molecular weight is 401 g/mol. The van der Waals surface area contributed by atoms with Gasteiger partial charge in [-0.3, -0.25) is 0 Å². The zero-order valence-electron chi connectivity index (χ0n) is 16.1. The minimum Gasteiger partial charge on any atom is -0.496 e. The van der Waals surface area contributed by atoms with E-state index in [4.69, 9.17) is 9.26 Å². The van der Waals surface area contributed by atoms with Crippen LogP contribution in [0.5, 0.6) is 5.75 Å². The second-order valence-electron chi connectivity index (χ2n) is 6.37. The second kappa shape index (κ2) is 8.53. The van der Waals surface area contributed by atoms with Gasteiger partial charge < -0.3 is 9.26 Å². The third-order valence-corrected chi connectivity index (χ3v) is 6.10. The number of aromatic nitrogens is 2. The number of sulfonamides is 1. The molecule has 148 valence electrons. The Hall–Kier alpha value is -2.71. The molecule has 3 rings (SSSR count). The van der Waals surface area contributed by atoms with Crippen molar-refractivity contribution in [2.45, 2.75) is 31.2 Å². The standard InChI is InChI=1S/C20H23N3O4S/c1-4-8-19-21-20(27-22-19)17-13-16(11-12-18(17)26-3)28(24,25)23(2)14-15-9-6-5-7-10-15/h5-7,9-13H,4,8,14H2,1-3H3. The fourth-order valence-corrected chi connectivity index (χ4v) is 3.99. The maximum Gasteiger partial charge on any atom is 0.261 e. The molecule has 1 aromatic heterocycles. The highest BCUT2D eigenvalue weighted by Gasteiger charge is 2.24. The molecule has 0 fully saturated rings. The Labute approximate surface area is 165 Å². The van der Waals surface area contributed by atoms with Crippen LogP contribution in [0.15, 0.2) is 57.9 Å². The van der Waals surface area contributed by atoms with Gasteiger partial charge in [-0.25, -0.2) is 8.42 Å². The molecule has 0 spiro atoms. The molecule has 8 heteroatoms. The van der Waals surface area contributed by atoms with Gasteiger partial charge in [0.25, 0.3) is 5.89 Å². The van der Waals surface area contributed by atoms with Crippen molar-refractivity contribution in [1.29, 1.82) is 0 Å². The normalized spacial score (nSPS) is 11.7. The predicted molar refractivity (Wildman–Crippen MR) is 105 cm³/mol. The van der Waals surface area contributed by atoms with E-state index in [9.17, 15) is 8.42 Å². The van der Waals surface area contributed by atoms with E-state index in [0.29, 0.717) is 23.6 Å². The fraction of sp³-hybridized carbons (Fsp3) is 0.300. The maximum absolute atomic E-state index is 13.0. The van der Waals surface area contributed by atoms with Crippen LogP contribution < -0.4 is 4.74 Å². The Morgan fingerprint density at radius 3 is 2.57 bits per heavy atom. The predicted octanol–water partition coefficient (Wildman–Crippen LogP) is 3.52. The first-order chi connectivity index (χ1) is 13.5. The van der Waals surface area contributed by atoms with Crippen LogP contribution >= 0.6 is 0 Å². The molecule has 0 bridgehead atoms. The first kappa shape index (κ1) is 20.0. The molecule has 2 aromatic carbocycles. The van der Waals surface area contributed by atoms with Crippen LogP contribution in [0.3, 0.4) is 0 Å². The van der Waals surface area contributed by atoms with Crippen molar-refractivity contribution < 1.29 is 17.7 Å². The molecule has 0 saturated carbocycles. The molecule has 3 aromatic rings. The van der Waals surface area contributed by atoms with Crippen molar-refractivity contribution in [2.75, 3.05) is 14.2 Å². The number of hydrogen-bond acceptors (Lipinski definition) is 6. The molecular formula is C20H23N3O4S. The molecule has 0 aliphatic heterocycles. The fourth-order valence-electron chi connectivity index (χ4n) is 2.81. The molecule has 0 aliphatic carbocycles. The van der Waals surface area contributed by atoms with Gasteiger partial charge in [0.2, 0.25) is 10.0 Å². The van der Waals surface area contributed by atoms with Crippen molar-refractivity contribution in [1.82, 2.24) is 14.4 Å². The Morgan fingerprint density at radius 1 is 1.14 bits per heavy atom. The van der Waals surface area contributed by atoms with E-state index in [0.717, 1.165) is 12.0 Å². The minimum absolute atomic E-state index is 0.136. The van der Waals surface area contributed by atoms with Crippen LogP contribution in [0, 0.1) is 0 Å². The first-order valence-corrected chi connectivity index (χ1v) is 10.4. The van der Waals surface area contributed by atoms with Gasteiger partial charge in [-0.1, -0.05) is 42.4 Å². The Bertz CT molecular complexity index is 1030. The summed E-state index contributed by atoms with van der Waals surface area (Å²) in [4.78, 5) is 4.48. The summed E-state index contributed by atoms with van der Waals surface area (Å²) >= 11 is 0. The van der Waals surface area contributed by atoms with Crippen LogP contribution in [0.25, 0.3) is 11.5 Å². The van der Waals surface area contributed by atoms with E-state index in [2.05, 4.69) is 10.1 Å². The molecule has 0 unspecified atom stereocenters. The molecule has 0 atom stereocenters. The van der Waals surface area contributed by atoms with E-state index in [1.807, 2.05) is 37.3 Å². The van der Waals surface area contributed by atoms with Crippen LogP contribution in [-0.2, 0) is 23.0 Å². The molecule has 28 heavy (non-hydrogen) atoms. The summed E-state index contributed by atoms with van der Waals surface area (Å²) in [6, 6.07) is 14.1. The van der Waals surface area contributed by atoms with Gasteiger partial charge in [0, 0.05) is 20.0 Å². The van der Waals surface area contributed by atoms with E-state index < -0.39 is 10.0 Å². The maximum atomic E-state index is 13.0. The highest BCUT2D eigenvalue weighted by Crippen LogP contribution is 2.32. The van der Waals surface area contributed by atoms with Gasteiger partial charge in [-0.05, 0) is 30.2 Å². The number of nitrogens with zero attached hydrogens (tertiary/aromatic N) is 3. The van der Waals surface area contributed by atoms with E-state index in [-0.39, 0.29) is 17.3 Å². The lowest BCUT2D eigenvalue weighted by Gasteiger charge is -2.18. The third kappa shape index (κ3) is 4.23. The molecule has 0 radical (unpaired) electrons. The van der Waals surface area contributed by atoms with Crippen molar-refractivity contribution in [3.05, 3.63) is 59.9 Å². The van der Waals surface area contributed by atoms with Crippen molar-refractivity contribution in [3.63, 3.8) is 0 Å². The molecule has 0 aliphatic rings. The van der Waals surface area contributed by atoms with Crippen molar-refractivity contribution in [2.24, 2.45) is 0 Å². The number of methoxy groups -OCH3 is 1. The summed E-state index contributed by atoms with van der Waals surface area (Å²) in [5.74, 6) is 1.29. The molecular weight excluding hydrogens is 378 g/mol. The number of hydrogen-bond donors (Lipinski definition) is 0. The summed E-state index contributed by atoms with van der Waals surface area (Å²) in [5.41, 5.74) is 1.36. The highest BCUT2D eigenvalue weighted by atomic mass is 32.2. The van der Waals surface area contributed by atoms with Crippen LogP contribution in [0.4, 0.5) is 0 Å². The largest absolute Gasteiger partial charge is 0.496 e. The van der Waals surface area contributed by atoms with E-state index >= 15 is 0 Å². The minimum atomic E-state index is -3.71. The Morgan fingerprint density at radius 2 is 1.89 bits per heavy atom. The number of rotatable bonds is 8. The van der Waals surface area contributed by atoms with E-state index in [1.165, 1.54) is 23.5 Å². The SMILES string of the molecule is CCCc1noc(-c2cc(S(=O)(=O)N(C)Cc3ccccc3)ccc2OC)n1. The molecule has 0 N–H and O–H groups in total. The van der Waals surface area contributed by atoms with Gasteiger partial charge in [0.1, 0.15) is 5.75 Å². The Balaban J connectivity index is 1.94. The summed E-state index contributed by atoms with van der Waals surface area (Å²) in [5, 5.41) is 3.94. The second-order valence-corrected chi connectivity index (χ2v) is 8.42.